The van der Waals surface area contributed by atoms with Crippen molar-refractivity contribution in [3.05, 3.63) is 0 Å². The predicted octanol–water partition coefficient (Wildman–Crippen LogP) is 2.63. The second kappa shape index (κ2) is 5.14. The van der Waals surface area contributed by atoms with Crippen molar-refractivity contribution in [2.75, 3.05) is 19.6 Å². The van der Waals surface area contributed by atoms with Crippen molar-refractivity contribution in [2.45, 2.75) is 45.8 Å². The number of halogens is 3. The summed E-state index contributed by atoms with van der Waals surface area (Å²) in [6.45, 7) is 7.44. The first-order valence-electron chi connectivity index (χ1n) is 6.15. The molecule has 1 heterocycles. The highest BCUT2D eigenvalue weighted by Gasteiger charge is 2.42. The molecule has 0 aromatic heterocycles. The van der Waals surface area contributed by atoms with Crippen LogP contribution in [0.15, 0.2) is 0 Å². The molecule has 2 N–H and O–H groups in total. The molecule has 0 spiro atoms. The van der Waals surface area contributed by atoms with Crippen molar-refractivity contribution in [2.24, 2.45) is 17.1 Å². The lowest BCUT2D eigenvalue weighted by Gasteiger charge is -2.38. The number of nitrogens with zero attached hydrogens (tertiary/aromatic N) is 1. The molecule has 2 atom stereocenters. The average Bonchev–Trinajstić information content (AvgIpc) is 2.15. The van der Waals surface area contributed by atoms with E-state index in [0.29, 0.717) is 13.0 Å². The van der Waals surface area contributed by atoms with Gasteiger partial charge < -0.3 is 10.6 Å². The van der Waals surface area contributed by atoms with E-state index in [4.69, 9.17) is 5.73 Å². The van der Waals surface area contributed by atoms with Crippen molar-refractivity contribution < 1.29 is 13.2 Å². The van der Waals surface area contributed by atoms with Gasteiger partial charge >= 0.3 is 6.18 Å². The van der Waals surface area contributed by atoms with Crippen LogP contribution in [0.1, 0.15) is 33.6 Å². The van der Waals surface area contributed by atoms with E-state index in [0.717, 1.165) is 6.54 Å². The number of likely N-dealkylation sites (tertiary alicyclic amines) is 1. The third kappa shape index (κ3) is 4.47. The average molecular weight is 252 g/mol. The fourth-order valence-electron chi connectivity index (χ4n) is 2.04. The lowest BCUT2D eigenvalue weighted by molar-refractivity contribution is -0.187. The zero-order valence-corrected chi connectivity index (χ0v) is 10.8. The van der Waals surface area contributed by atoms with Gasteiger partial charge in [0.25, 0.3) is 0 Å². The van der Waals surface area contributed by atoms with Gasteiger partial charge in [0.2, 0.25) is 0 Å². The Morgan fingerprint density at radius 1 is 1.29 bits per heavy atom. The van der Waals surface area contributed by atoms with E-state index < -0.39 is 12.1 Å². The highest BCUT2D eigenvalue weighted by molar-refractivity contribution is 4.84. The predicted molar refractivity (Wildman–Crippen MR) is 62.6 cm³/mol. The van der Waals surface area contributed by atoms with Crippen LogP contribution in [0.4, 0.5) is 13.2 Å². The van der Waals surface area contributed by atoms with Crippen molar-refractivity contribution in [1.29, 1.82) is 0 Å². The van der Waals surface area contributed by atoms with Crippen LogP contribution in [-0.2, 0) is 0 Å². The van der Waals surface area contributed by atoms with E-state index in [-0.39, 0.29) is 24.4 Å². The zero-order chi connectivity index (χ0) is 13.3. The van der Waals surface area contributed by atoms with Gasteiger partial charge in [0.1, 0.15) is 0 Å². The maximum absolute atomic E-state index is 12.6. The number of nitrogens with two attached hydrogens (primary N) is 1. The zero-order valence-electron chi connectivity index (χ0n) is 10.8. The first-order chi connectivity index (χ1) is 7.60. The van der Waals surface area contributed by atoms with Crippen molar-refractivity contribution in [3.8, 4) is 0 Å². The van der Waals surface area contributed by atoms with Gasteiger partial charge in [-0.3, -0.25) is 0 Å². The van der Waals surface area contributed by atoms with E-state index in [1.165, 1.54) is 0 Å². The molecule has 1 rings (SSSR count). The monoisotopic (exact) mass is 252 g/mol. The molecule has 0 radical (unpaired) electrons. The van der Waals surface area contributed by atoms with Gasteiger partial charge in [-0.25, -0.2) is 0 Å². The summed E-state index contributed by atoms with van der Waals surface area (Å²) in [6.07, 6.45) is -3.20. The molecule has 5 heteroatoms. The molecule has 2 nitrogen and oxygen atoms in total. The molecule has 2 unspecified atom stereocenters. The van der Waals surface area contributed by atoms with Crippen molar-refractivity contribution in [1.82, 2.24) is 4.90 Å². The summed E-state index contributed by atoms with van der Waals surface area (Å²) in [5, 5.41) is 0. The third-order valence-corrected chi connectivity index (χ3v) is 3.54. The van der Waals surface area contributed by atoms with Crippen LogP contribution in [0, 0.1) is 11.3 Å². The standard InChI is InChI=1S/C12H23F3N2/c1-11(2,3)10(16)8-17-6-4-5-9(7-17)12(13,14)15/h9-10H,4-8,16H2,1-3H3. The minimum Gasteiger partial charge on any atom is -0.326 e. The molecular weight excluding hydrogens is 229 g/mol. The largest absolute Gasteiger partial charge is 0.393 e. The normalized spacial score (nSPS) is 25.9. The van der Waals surface area contributed by atoms with Crippen molar-refractivity contribution >= 4 is 0 Å². The quantitative estimate of drug-likeness (QED) is 0.818. The van der Waals surface area contributed by atoms with E-state index in [1.807, 2.05) is 25.7 Å². The summed E-state index contributed by atoms with van der Waals surface area (Å²) >= 11 is 0. The van der Waals surface area contributed by atoms with E-state index in [9.17, 15) is 13.2 Å². The maximum atomic E-state index is 12.6. The molecular formula is C12H23F3N2. The van der Waals surface area contributed by atoms with Crippen LogP contribution in [0.25, 0.3) is 0 Å². The summed E-state index contributed by atoms with van der Waals surface area (Å²) in [7, 11) is 0. The summed E-state index contributed by atoms with van der Waals surface area (Å²) in [6, 6.07) is -0.0884. The first kappa shape index (κ1) is 14.8. The summed E-state index contributed by atoms with van der Waals surface area (Å²) < 4.78 is 37.9. The smallest absolute Gasteiger partial charge is 0.326 e. The van der Waals surface area contributed by atoms with Gasteiger partial charge in [0, 0.05) is 19.1 Å². The van der Waals surface area contributed by atoms with Crippen LogP contribution in [0.5, 0.6) is 0 Å². The fraction of sp³-hybridized carbons (Fsp3) is 1.00. The Morgan fingerprint density at radius 2 is 1.88 bits per heavy atom. The number of alkyl halides is 3. The molecule has 1 saturated heterocycles. The van der Waals surface area contributed by atoms with E-state index >= 15 is 0 Å². The molecule has 0 aromatic carbocycles. The molecule has 0 amide bonds. The van der Waals surface area contributed by atoms with E-state index in [2.05, 4.69) is 0 Å². The molecule has 1 aliphatic heterocycles. The van der Waals surface area contributed by atoms with Crippen LogP contribution in [0.3, 0.4) is 0 Å². The van der Waals surface area contributed by atoms with E-state index in [1.54, 1.807) is 0 Å². The van der Waals surface area contributed by atoms with Gasteiger partial charge in [-0.05, 0) is 24.8 Å². The Balaban J connectivity index is 2.51. The third-order valence-electron chi connectivity index (χ3n) is 3.54. The number of hydrogen-bond donors (Lipinski definition) is 1. The Labute approximate surface area is 101 Å². The minimum absolute atomic E-state index is 0.0643. The van der Waals surface area contributed by atoms with Gasteiger partial charge in [0.05, 0.1) is 5.92 Å². The molecule has 0 saturated carbocycles. The van der Waals surface area contributed by atoms with Gasteiger partial charge in [-0.2, -0.15) is 13.2 Å². The topological polar surface area (TPSA) is 29.3 Å². The van der Waals surface area contributed by atoms with Crippen LogP contribution in [-0.4, -0.2) is 36.8 Å². The van der Waals surface area contributed by atoms with Crippen LogP contribution < -0.4 is 5.73 Å². The Morgan fingerprint density at radius 3 is 2.35 bits per heavy atom. The Bertz CT molecular complexity index is 243. The summed E-state index contributed by atoms with van der Waals surface area (Å²) in [5.74, 6) is -1.18. The molecule has 1 fully saturated rings. The fourth-order valence-corrected chi connectivity index (χ4v) is 2.04. The summed E-state index contributed by atoms with van der Waals surface area (Å²) in [4.78, 5) is 1.86. The van der Waals surface area contributed by atoms with Gasteiger partial charge in [-0.15, -0.1) is 0 Å². The molecule has 0 aromatic rings. The number of hydrogen-bond acceptors (Lipinski definition) is 2. The van der Waals surface area contributed by atoms with Crippen LogP contribution >= 0.6 is 0 Å². The SMILES string of the molecule is CC(C)(C)C(N)CN1CCCC(C(F)(F)F)C1. The highest BCUT2D eigenvalue weighted by Crippen LogP contribution is 2.33. The number of rotatable bonds is 2. The second-order valence-corrected chi connectivity index (χ2v) is 6.11. The Kier molecular flexibility index (Phi) is 4.47. The van der Waals surface area contributed by atoms with Crippen LogP contribution in [0.2, 0.25) is 0 Å². The molecule has 102 valence electrons. The lowest BCUT2D eigenvalue weighted by atomic mass is 9.86. The minimum atomic E-state index is -4.06. The lowest BCUT2D eigenvalue weighted by Crippen LogP contribution is -2.50. The first-order valence-corrected chi connectivity index (χ1v) is 6.15. The Hall–Kier alpha value is -0.290. The summed E-state index contributed by atoms with van der Waals surface area (Å²) in [5.41, 5.74) is 5.95. The molecule has 0 bridgehead atoms. The highest BCUT2D eigenvalue weighted by atomic mass is 19.4. The van der Waals surface area contributed by atoms with Gasteiger partial charge in [-0.1, -0.05) is 20.8 Å². The second-order valence-electron chi connectivity index (χ2n) is 6.11. The maximum Gasteiger partial charge on any atom is 0.393 e. The van der Waals surface area contributed by atoms with Crippen molar-refractivity contribution in [3.63, 3.8) is 0 Å². The van der Waals surface area contributed by atoms with Gasteiger partial charge in [0.15, 0.2) is 0 Å². The molecule has 0 aliphatic carbocycles. The molecule has 17 heavy (non-hydrogen) atoms. The molecule has 1 aliphatic rings. The number of piperidine rings is 1.